The van der Waals surface area contributed by atoms with Gasteiger partial charge in [0.05, 0.1) is 0 Å². The molecule has 0 bridgehead atoms. The molecular formula is C14H24N2O3. The van der Waals surface area contributed by atoms with E-state index in [2.05, 4.69) is 6.58 Å². The first-order valence-electron chi connectivity index (χ1n) is 6.77. The first-order chi connectivity index (χ1) is 8.85. The highest BCUT2D eigenvalue weighted by molar-refractivity contribution is 5.79. The largest absolute Gasteiger partial charge is 0.442 e. The highest BCUT2D eigenvalue weighted by atomic mass is 16.6. The molecule has 1 fully saturated rings. The van der Waals surface area contributed by atoms with Gasteiger partial charge < -0.3 is 4.74 Å². The molecule has 0 saturated carbocycles. The predicted molar refractivity (Wildman–Crippen MR) is 73.3 cm³/mol. The molecular weight excluding hydrogens is 244 g/mol. The fourth-order valence-electron chi connectivity index (χ4n) is 1.90. The van der Waals surface area contributed by atoms with Crippen molar-refractivity contribution in [2.75, 3.05) is 13.1 Å². The number of rotatable bonds is 4. The molecule has 1 rings (SSSR count). The maximum atomic E-state index is 12.0. The summed E-state index contributed by atoms with van der Waals surface area (Å²) in [6.07, 6.45) is 4.16. The van der Waals surface area contributed by atoms with E-state index in [1.807, 2.05) is 20.8 Å². The number of hydrazine groups is 1. The molecule has 0 aliphatic carbocycles. The Morgan fingerprint density at radius 2 is 1.89 bits per heavy atom. The van der Waals surface area contributed by atoms with Gasteiger partial charge in [-0.1, -0.05) is 6.08 Å². The number of hydrogen-bond donors (Lipinski definition) is 0. The standard InChI is InChI=1S/C14H24N2O3/c1-5-6-7-9-12(17)15-10-8-11-16(15)13(18)19-14(2,3)4/h5H,1,6-11H2,2-4H3. The Kier molecular flexibility index (Phi) is 5.39. The number of ether oxygens (including phenoxy) is 1. The minimum atomic E-state index is -0.544. The van der Waals surface area contributed by atoms with Gasteiger partial charge in [0.1, 0.15) is 5.60 Å². The van der Waals surface area contributed by atoms with E-state index < -0.39 is 11.7 Å². The van der Waals surface area contributed by atoms with E-state index in [9.17, 15) is 9.59 Å². The summed E-state index contributed by atoms with van der Waals surface area (Å²) >= 11 is 0. The van der Waals surface area contributed by atoms with Crippen LogP contribution in [0.25, 0.3) is 0 Å². The van der Waals surface area contributed by atoms with Crippen molar-refractivity contribution in [2.45, 2.75) is 52.1 Å². The minimum absolute atomic E-state index is 0.0230. The smallest absolute Gasteiger partial charge is 0.429 e. The lowest BCUT2D eigenvalue weighted by Gasteiger charge is -2.30. The molecule has 0 N–H and O–H groups in total. The van der Waals surface area contributed by atoms with Crippen LogP contribution in [0.15, 0.2) is 12.7 Å². The molecule has 5 nitrogen and oxygen atoms in total. The highest BCUT2D eigenvalue weighted by Gasteiger charge is 2.33. The summed E-state index contributed by atoms with van der Waals surface area (Å²) in [5.41, 5.74) is -0.544. The first-order valence-corrected chi connectivity index (χ1v) is 6.77. The number of carbonyl (C=O) groups excluding carboxylic acids is 2. The average molecular weight is 268 g/mol. The van der Waals surface area contributed by atoms with Crippen LogP contribution in [0.4, 0.5) is 4.79 Å². The van der Waals surface area contributed by atoms with Crippen molar-refractivity contribution < 1.29 is 14.3 Å². The van der Waals surface area contributed by atoms with Gasteiger partial charge in [-0.25, -0.2) is 14.8 Å². The first kappa shape index (κ1) is 15.5. The molecule has 0 spiro atoms. The van der Waals surface area contributed by atoms with Crippen molar-refractivity contribution in [3.8, 4) is 0 Å². The van der Waals surface area contributed by atoms with Crippen molar-refractivity contribution in [2.24, 2.45) is 0 Å². The monoisotopic (exact) mass is 268 g/mol. The van der Waals surface area contributed by atoms with Crippen LogP contribution in [0, 0.1) is 0 Å². The van der Waals surface area contributed by atoms with Crippen LogP contribution in [-0.2, 0) is 9.53 Å². The molecule has 0 aromatic carbocycles. The second kappa shape index (κ2) is 6.59. The fourth-order valence-corrected chi connectivity index (χ4v) is 1.90. The minimum Gasteiger partial charge on any atom is -0.442 e. The lowest BCUT2D eigenvalue weighted by Crippen LogP contribution is -2.46. The number of hydrogen-bond acceptors (Lipinski definition) is 3. The maximum Gasteiger partial charge on any atom is 0.429 e. The molecule has 5 heteroatoms. The second-order valence-corrected chi connectivity index (χ2v) is 5.65. The molecule has 1 heterocycles. The lowest BCUT2D eigenvalue weighted by atomic mass is 10.2. The van der Waals surface area contributed by atoms with Gasteiger partial charge in [-0.05, 0) is 40.0 Å². The Bertz CT molecular complexity index is 347. The Labute approximate surface area is 115 Å². The van der Waals surface area contributed by atoms with Crippen LogP contribution < -0.4 is 0 Å². The summed E-state index contributed by atoms with van der Waals surface area (Å²) in [6, 6.07) is 0. The molecule has 2 amide bonds. The molecule has 1 aliphatic rings. The Balaban J connectivity index is 2.55. The molecule has 0 unspecified atom stereocenters. The summed E-state index contributed by atoms with van der Waals surface area (Å²) in [5.74, 6) is -0.0230. The van der Waals surface area contributed by atoms with Crippen molar-refractivity contribution in [3.63, 3.8) is 0 Å². The van der Waals surface area contributed by atoms with Gasteiger partial charge in [-0.2, -0.15) is 0 Å². The van der Waals surface area contributed by atoms with Crippen LogP contribution in [0.2, 0.25) is 0 Å². The quantitative estimate of drug-likeness (QED) is 0.582. The number of amides is 2. The molecule has 1 aliphatic heterocycles. The number of carbonyl (C=O) groups is 2. The predicted octanol–water partition coefficient (Wildman–Crippen LogP) is 2.73. The molecule has 0 aromatic heterocycles. The van der Waals surface area contributed by atoms with Crippen LogP contribution in [0.1, 0.15) is 46.5 Å². The Morgan fingerprint density at radius 1 is 1.26 bits per heavy atom. The summed E-state index contributed by atoms with van der Waals surface area (Å²) in [5, 5.41) is 2.93. The van der Waals surface area contributed by atoms with Gasteiger partial charge >= 0.3 is 6.09 Å². The van der Waals surface area contributed by atoms with Crippen LogP contribution >= 0.6 is 0 Å². The SMILES string of the molecule is C=CCCCC(=O)N1CCCN1C(=O)OC(C)(C)C. The van der Waals surface area contributed by atoms with E-state index in [0.717, 1.165) is 19.3 Å². The van der Waals surface area contributed by atoms with E-state index in [0.29, 0.717) is 19.5 Å². The normalized spacial score (nSPS) is 15.5. The second-order valence-electron chi connectivity index (χ2n) is 5.65. The van der Waals surface area contributed by atoms with E-state index in [4.69, 9.17) is 4.74 Å². The van der Waals surface area contributed by atoms with E-state index in [-0.39, 0.29) is 5.91 Å². The van der Waals surface area contributed by atoms with Gasteiger partial charge in [0.15, 0.2) is 0 Å². The summed E-state index contributed by atoms with van der Waals surface area (Å²) in [7, 11) is 0. The molecule has 1 saturated heterocycles. The zero-order valence-corrected chi connectivity index (χ0v) is 12.1. The zero-order chi connectivity index (χ0) is 14.5. The van der Waals surface area contributed by atoms with Gasteiger partial charge in [0, 0.05) is 19.5 Å². The van der Waals surface area contributed by atoms with Gasteiger partial charge in [0.2, 0.25) is 5.91 Å². The zero-order valence-electron chi connectivity index (χ0n) is 12.1. The summed E-state index contributed by atoms with van der Waals surface area (Å²) in [4.78, 5) is 24.0. The van der Waals surface area contributed by atoms with Crippen LogP contribution in [0.5, 0.6) is 0 Å². The number of unbranched alkanes of at least 4 members (excludes halogenated alkanes) is 1. The average Bonchev–Trinajstić information content (AvgIpc) is 2.75. The number of nitrogens with zero attached hydrogens (tertiary/aromatic N) is 2. The maximum absolute atomic E-state index is 12.0. The van der Waals surface area contributed by atoms with E-state index in [1.54, 1.807) is 6.08 Å². The van der Waals surface area contributed by atoms with Crippen molar-refractivity contribution >= 4 is 12.0 Å². The fraction of sp³-hybridized carbons (Fsp3) is 0.714. The summed E-state index contributed by atoms with van der Waals surface area (Å²) in [6.45, 7) is 10.2. The van der Waals surface area contributed by atoms with Crippen molar-refractivity contribution in [1.29, 1.82) is 0 Å². The number of allylic oxidation sites excluding steroid dienone is 1. The third-order valence-electron chi connectivity index (χ3n) is 2.72. The van der Waals surface area contributed by atoms with Crippen LogP contribution in [-0.4, -0.2) is 40.7 Å². The molecule has 19 heavy (non-hydrogen) atoms. The third kappa shape index (κ3) is 4.93. The van der Waals surface area contributed by atoms with Gasteiger partial charge in [-0.3, -0.25) is 4.79 Å². The van der Waals surface area contributed by atoms with Crippen molar-refractivity contribution in [3.05, 3.63) is 12.7 Å². The van der Waals surface area contributed by atoms with Gasteiger partial charge in [0.25, 0.3) is 0 Å². The van der Waals surface area contributed by atoms with Crippen LogP contribution in [0.3, 0.4) is 0 Å². The molecule has 0 radical (unpaired) electrons. The Hall–Kier alpha value is -1.52. The van der Waals surface area contributed by atoms with E-state index in [1.165, 1.54) is 10.0 Å². The molecule has 108 valence electrons. The Morgan fingerprint density at radius 3 is 2.47 bits per heavy atom. The lowest BCUT2D eigenvalue weighted by molar-refractivity contribution is -0.142. The molecule has 0 atom stereocenters. The van der Waals surface area contributed by atoms with E-state index >= 15 is 0 Å². The summed E-state index contributed by atoms with van der Waals surface area (Å²) < 4.78 is 5.30. The van der Waals surface area contributed by atoms with Gasteiger partial charge in [-0.15, -0.1) is 6.58 Å². The third-order valence-corrected chi connectivity index (χ3v) is 2.72. The molecule has 0 aromatic rings. The highest BCUT2D eigenvalue weighted by Crippen LogP contribution is 2.18. The van der Waals surface area contributed by atoms with Crippen molar-refractivity contribution in [1.82, 2.24) is 10.0 Å². The topological polar surface area (TPSA) is 49.9 Å².